The summed E-state index contributed by atoms with van der Waals surface area (Å²) in [5, 5.41) is 0. The molecule has 17 heavy (non-hydrogen) atoms. The van der Waals surface area contributed by atoms with Crippen molar-refractivity contribution in [1.82, 2.24) is 0 Å². The van der Waals surface area contributed by atoms with Crippen molar-refractivity contribution in [2.75, 3.05) is 0 Å². The van der Waals surface area contributed by atoms with E-state index in [2.05, 4.69) is 32.9 Å². The Balaban J connectivity index is 2.12. The van der Waals surface area contributed by atoms with E-state index >= 15 is 0 Å². The summed E-state index contributed by atoms with van der Waals surface area (Å²) in [5.74, 6) is 0.982. The molecule has 0 spiro atoms. The lowest BCUT2D eigenvalue weighted by Crippen LogP contribution is -2.14. The van der Waals surface area contributed by atoms with Gasteiger partial charge < -0.3 is 0 Å². The van der Waals surface area contributed by atoms with Gasteiger partial charge in [0.2, 0.25) is 0 Å². The van der Waals surface area contributed by atoms with Crippen molar-refractivity contribution < 1.29 is 4.79 Å². The number of ketones is 1. The standard InChI is InChI=1S/C16H22O/c1-16(2,3)11-15(17)14-9-5-8-13(10-14)12-6-4-7-12/h5,8-10,12H,4,6-7,11H2,1-3H3. The lowest BCUT2D eigenvalue weighted by molar-refractivity contribution is 0.0939. The maximum atomic E-state index is 12.1. The molecule has 1 saturated carbocycles. The van der Waals surface area contributed by atoms with Gasteiger partial charge in [-0.15, -0.1) is 0 Å². The first-order chi connectivity index (χ1) is 7.96. The minimum Gasteiger partial charge on any atom is -0.294 e. The predicted octanol–water partition coefficient (Wildman–Crippen LogP) is 4.57. The zero-order valence-electron chi connectivity index (χ0n) is 11.1. The van der Waals surface area contributed by atoms with Crippen LogP contribution in [0.15, 0.2) is 24.3 Å². The van der Waals surface area contributed by atoms with Crippen LogP contribution in [0.5, 0.6) is 0 Å². The first-order valence-electron chi connectivity index (χ1n) is 6.59. The first-order valence-corrected chi connectivity index (χ1v) is 6.59. The van der Waals surface area contributed by atoms with E-state index < -0.39 is 0 Å². The number of carbonyl (C=O) groups excluding carboxylic acids is 1. The van der Waals surface area contributed by atoms with Crippen molar-refractivity contribution in [2.45, 2.75) is 52.4 Å². The van der Waals surface area contributed by atoms with E-state index in [1.54, 1.807) is 0 Å². The van der Waals surface area contributed by atoms with Crippen molar-refractivity contribution in [3.63, 3.8) is 0 Å². The molecular formula is C16H22O. The monoisotopic (exact) mass is 230 g/mol. The van der Waals surface area contributed by atoms with Gasteiger partial charge in [0.1, 0.15) is 0 Å². The van der Waals surface area contributed by atoms with Gasteiger partial charge in [-0.25, -0.2) is 0 Å². The second kappa shape index (κ2) is 4.64. The van der Waals surface area contributed by atoms with Crippen molar-refractivity contribution >= 4 is 5.78 Å². The number of hydrogen-bond donors (Lipinski definition) is 0. The number of benzene rings is 1. The summed E-state index contributed by atoms with van der Waals surface area (Å²) in [4.78, 5) is 12.1. The smallest absolute Gasteiger partial charge is 0.163 e. The largest absolute Gasteiger partial charge is 0.294 e. The SMILES string of the molecule is CC(C)(C)CC(=O)c1cccc(C2CCC2)c1. The Bertz CT molecular complexity index is 408. The molecule has 1 aliphatic rings. The summed E-state index contributed by atoms with van der Waals surface area (Å²) in [5.41, 5.74) is 2.32. The summed E-state index contributed by atoms with van der Waals surface area (Å²) < 4.78 is 0. The van der Waals surface area contributed by atoms with Crippen molar-refractivity contribution in [3.8, 4) is 0 Å². The van der Waals surface area contributed by atoms with Gasteiger partial charge in [-0.3, -0.25) is 4.79 Å². The van der Waals surface area contributed by atoms with E-state index in [0.717, 1.165) is 5.56 Å². The minimum atomic E-state index is 0.0730. The molecule has 0 amide bonds. The average Bonchev–Trinajstić information content (AvgIpc) is 2.12. The van der Waals surface area contributed by atoms with Gasteiger partial charge in [-0.2, -0.15) is 0 Å². The molecular weight excluding hydrogens is 208 g/mol. The number of Topliss-reactive ketones (excluding diaryl/α,β-unsaturated/α-hetero) is 1. The Morgan fingerprint density at radius 3 is 2.53 bits per heavy atom. The highest BCUT2D eigenvalue weighted by atomic mass is 16.1. The Morgan fingerprint density at radius 2 is 2.00 bits per heavy atom. The first kappa shape index (κ1) is 12.3. The molecule has 0 radical (unpaired) electrons. The fraction of sp³-hybridized carbons (Fsp3) is 0.562. The van der Waals surface area contributed by atoms with Crippen LogP contribution in [-0.4, -0.2) is 5.78 Å². The molecule has 1 aliphatic carbocycles. The van der Waals surface area contributed by atoms with Crippen molar-refractivity contribution in [2.24, 2.45) is 5.41 Å². The maximum Gasteiger partial charge on any atom is 0.163 e. The summed E-state index contributed by atoms with van der Waals surface area (Å²) in [6, 6.07) is 8.26. The third kappa shape index (κ3) is 3.18. The van der Waals surface area contributed by atoms with Crippen LogP contribution in [0.3, 0.4) is 0 Å². The zero-order valence-corrected chi connectivity index (χ0v) is 11.1. The van der Waals surface area contributed by atoms with Crippen LogP contribution in [0.1, 0.15) is 68.3 Å². The van der Waals surface area contributed by atoms with Gasteiger partial charge >= 0.3 is 0 Å². The number of hydrogen-bond acceptors (Lipinski definition) is 1. The van der Waals surface area contributed by atoms with Crippen molar-refractivity contribution in [1.29, 1.82) is 0 Å². The molecule has 0 aromatic heterocycles. The van der Waals surface area contributed by atoms with E-state index in [-0.39, 0.29) is 11.2 Å². The highest BCUT2D eigenvalue weighted by molar-refractivity contribution is 5.96. The lowest BCUT2D eigenvalue weighted by atomic mass is 9.79. The van der Waals surface area contributed by atoms with Gasteiger partial charge in [-0.05, 0) is 35.8 Å². The normalized spacial score (nSPS) is 16.6. The number of carbonyl (C=O) groups is 1. The van der Waals surface area contributed by atoms with Crippen LogP contribution in [0, 0.1) is 5.41 Å². The molecule has 0 atom stereocenters. The molecule has 1 fully saturated rings. The lowest BCUT2D eigenvalue weighted by Gasteiger charge is -2.26. The van der Waals surface area contributed by atoms with E-state index in [9.17, 15) is 4.79 Å². The van der Waals surface area contributed by atoms with Gasteiger partial charge in [0.15, 0.2) is 5.78 Å². The van der Waals surface area contributed by atoms with Crippen molar-refractivity contribution in [3.05, 3.63) is 35.4 Å². The average molecular weight is 230 g/mol. The summed E-state index contributed by atoms with van der Waals surface area (Å²) in [6.45, 7) is 6.34. The predicted molar refractivity (Wildman–Crippen MR) is 71.4 cm³/mol. The Labute approximate surface area is 104 Å². The van der Waals surface area contributed by atoms with Crippen LogP contribution in [-0.2, 0) is 0 Å². The molecule has 0 heterocycles. The highest BCUT2D eigenvalue weighted by Crippen LogP contribution is 2.36. The molecule has 1 nitrogen and oxygen atoms in total. The molecule has 0 saturated heterocycles. The maximum absolute atomic E-state index is 12.1. The van der Waals surface area contributed by atoms with Gasteiger partial charge in [-0.1, -0.05) is 45.4 Å². The fourth-order valence-corrected chi connectivity index (χ4v) is 2.29. The summed E-state index contributed by atoms with van der Waals surface area (Å²) >= 11 is 0. The molecule has 1 aromatic carbocycles. The summed E-state index contributed by atoms with van der Waals surface area (Å²) in [6.07, 6.45) is 4.54. The molecule has 2 rings (SSSR count). The fourth-order valence-electron chi connectivity index (χ4n) is 2.29. The third-order valence-electron chi connectivity index (χ3n) is 3.48. The van der Waals surface area contributed by atoms with Gasteiger partial charge in [0, 0.05) is 12.0 Å². The van der Waals surface area contributed by atoms with E-state index in [1.807, 2.05) is 12.1 Å². The molecule has 0 unspecified atom stereocenters. The molecule has 1 heteroatoms. The van der Waals surface area contributed by atoms with Crippen LogP contribution >= 0.6 is 0 Å². The highest BCUT2D eigenvalue weighted by Gasteiger charge is 2.21. The van der Waals surface area contributed by atoms with E-state index in [1.165, 1.54) is 24.8 Å². The van der Waals surface area contributed by atoms with Crippen LogP contribution in [0.4, 0.5) is 0 Å². The van der Waals surface area contributed by atoms with Crippen LogP contribution in [0.25, 0.3) is 0 Å². The van der Waals surface area contributed by atoms with Gasteiger partial charge in [0.25, 0.3) is 0 Å². The Morgan fingerprint density at radius 1 is 1.29 bits per heavy atom. The third-order valence-corrected chi connectivity index (χ3v) is 3.48. The number of rotatable bonds is 3. The molecule has 92 valence electrons. The quantitative estimate of drug-likeness (QED) is 0.695. The van der Waals surface area contributed by atoms with E-state index in [4.69, 9.17) is 0 Å². The second-order valence-corrected chi connectivity index (χ2v) is 6.41. The topological polar surface area (TPSA) is 17.1 Å². The molecule has 0 N–H and O–H groups in total. The van der Waals surface area contributed by atoms with Gasteiger partial charge in [0.05, 0.1) is 0 Å². The molecule has 1 aromatic rings. The van der Waals surface area contributed by atoms with Crippen LogP contribution in [0.2, 0.25) is 0 Å². The Hall–Kier alpha value is -1.11. The van der Waals surface area contributed by atoms with Crippen LogP contribution < -0.4 is 0 Å². The second-order valence-electron chi connectivity index (χ2n) is 6.41. The molecule has 0 bridgehead atoms. The Kier molecular flexibility index (Phi) is 3.37. The molecule has 0 aliphatic heterocycles. The minimum absolute atomic E-state index is 0.0730. The summed E-state index contributed by atoms with van der Waals surface area (Å²) in [7, 11) is 0. The zero-order chi connectivity index (χ0) is 12.5. The van der Waals surface area contributed by atoms with E-state index in [0.29, 0.717) is 12.3 Å².